The molecule has 17 heteroatoms. The molecule has 0 aromatic heterocycles. The number of hydrogen-bond acceptors (Lipinski definition) is 15. The van der Waals surface area contributed by atoms with Crippen molar-refractivity contribution in [1.29, 1.82) is 0 Å². The van der Waals surface area contributed by atoms with Crippen LogP contribution < -0.4 is 0 Å². The number of likely N-dealkylation sites (N-methyl/N-ethyl adjacent to an activating group) is 1. The van der Waals surface area contributed by atoms with E-state index in [9.17, 15) is 42.6 Å². The first-order valence-electron chi connectivity index (χ1n) is 24.6. The van der Waals surface area contributed by atoms with E-state index < -0.39 is 87.6 Å². The minimum atomic E-state index is -3.12. The summed E-state index contributed by atoms with van der Waals surface area (Å²) in [4.78, 5) is 70.5. The van der Waals surface area contributed by atoms with Gasteiger partial charge in [0.05, 0.1) is 30.2 Å². The molecule has 1 amide bonds. The maximum atomic E-state index is 14.1. The van der Waals surface area contributed by atoms with Crippen molar-refractivity contribution >= 4 is 39.1 Å². The Morgan fingerprint density at radius 2 is 1.58 bits per heavy atom. The van der Waals surface area contributed by atoms with E-state index in [4.69, 9.17) is 28.4 Å². The molecule has 16 nitrogen and oxygen atoms in total. The zero-order valence-electron chi connectivity index (χ0n) is 43.2. The van der Waals surface area contributed by atoms with Crippen molar-refractivity contribution in [3.8, 4) is 0 Å². The molecule has 1 saturated heterocycles. The summed E-state index contributed by atoms with van der Waals surface area (Å²) in [5.74, 6) is -8.51. The third kappa shape index (κ3) is 17.7. The molecule has 3 aliphatic rings. The molecular weight excluding hydrogens is 911 g/mol. The minimum Gasteiger partial charge on any atom is -0.460 e. The van der Waals surface area contributed by atoms with Crippen LogP contribution in [0.3, 0.4) is 0 Å². The molecule has 0 aromatic rings. The molecule has 2 aliphatic heterocycles. The van der Waals surface area contributed by atoms with E-state index in [1.807, 2.05) is 44.2 Å². The van der Waals surface area contributed by atoms with Gasteiger partial charge in [0.25, 0.3) is 11.7 Å². The van der Waals surface area contributed by atoms with E-state index in [-0.39, 0.29) is 54.4 Å². The summed E-state index contributed by atoms with van der Waals surface area (Å²) < 4.78 is 58.7. The number of fused-ring (bicyclic) bond motifs is 2. The Labute approximate surface area is 411 Å². The first-order chi connectivity index (χ1) is 32.4. The van der Waals surface area contributed by atoms with Gasteiger partial charge in [0, 0.05) is 71.8 Å². The number of carbonyl (C=O) groups is 5. The number of cyclic esters (lactones) is 1. The maximum Gasteiger partial charge on any atom is 0.328 e. The van der Waals surface area contributed by atoms with Crippen LogP contribution in [0.4, 0.5) is 0 Å². The summed E-state index contributed by atoms with van der Waals surface area (Å²) in [5, 5.41) is 23.2. The van der Waals surface area contributed by atoms with Crippen LogP contribution in [0, 0.1) is 29.6 Å². The predicted molar refractivity (Wildman–Crippen MR) is 262 cm³/mol. The first kappa shape index (κ1) is 59.9. The molecule has 0 spiro atoms. The van der Waals surface area contributed by atoms with Gasteiger partial charge in [-0.1, -0.05) is 64.2 Å². The second-order valence-corrected chi connectivity index (χ2v) is 22.2. The van der Waals surface area contributed by atoms with E-state index >= 15 is 0 Å². The Balaban J connectivity index is 1.96. The van der Waals surface area contributed by atoms with Crippen LogP contribution in [0.25, 0.3) is 0 Å². The summed E-state index contributed by atoms with van der Waals surface area (Å²) in [6.45, 7) is 12.2. The number of allylic oxidation sites excluding steroid dienone is 6. The zero-order valence-corrected chi connectivity index (χ0v) is 44.0. The highest BCUT2D eigenvalue weighted by Gasteiger charge is 2.52. The second kappa shape index (κ2) is 28.0. The van der Waals surface area contributed by atoms with Crippen molar-refractivity contribution in [3.05, 3.63) is 47.6 Å². The van der Waals surface area contributed by atoms with E-state index in [1.165, 1.54) is 27.3 Å². The predicted octanol–water partition coefficient (Wildman–Crippen LogP) is 5.86. The Morgan fingerprint density at radius 1 is 0.884 bits per heavy atom. The summed E-state index contributed by atoms with van der Waals surface area (Å²) in [6, 6.07) is -1.32. The molecule has 3 rings (SSSR count). The summed E-state index contributed by atoms with van der Waals surface area (Å²) >= 11 is 0. The number of ether oxygens (including phenoxy) is 6. The largest absolute Gasteiger partial charge is 0.460 e. The fraction of sp³-hybridized carbons (Fsp3) is 0.750. The SMILES string of the molecule is COC1C[C@H]2CC[C@H](C)[C@](O)(O2)C(=O)C(=O)N(C)C(C)C(=O)OC([C@H](C)C[C@@H]2CC[C@@H](OCCCS(C)(=O)=O)[C@H](OC)C2)CC(=O)C(C)/C=C(\C)C(O)C(OC)C(=O)C(C)CC/C=C/C=C/C=C/1C. The molecule has 2 N–H and O–H groups in total. The third-order valence-corrected chi connectivity index (χ3v) is 15.4. The van der Waals surface area contributed by atoms with Gasteiger partial charge in [0.1, 0.15) is 40.0 Å². The molecule has 2 heterocycles. The number of amides is 1. The average Bonchev–Trinajstić information content (AvgIpc) is 3.30. The Morgan fingerprint density at radius 3 is 2.22 bits per heavy atom. The normalized spacial score (nSPS) is 37.0. The minimum absolute atomic E-state index is 0.0246. The van der Waals surface area contributed by atoms with Crippen LogP contribution in [-0.2, 0) is 62.2 Å². The van der Waals surface area contributed by atoms with E-state index in [0.717, 1.165) is 16.9 Å². The first-order valence-corrected chi connectivity index (χ1v) is 26.7. The summed E-state index contributed by atoms with van der Waals surface area (Å²) in [5.41, 5.74) is 1.22. The van der Waals surface area contributed by atoms with Gasteiger partial charge in [-0.3, -0.25) is 19.2 Å². The lowest BCUT2D eigenvalue weighted by Gasteiger charge is -2.41. The molecule has 0 radical (unpaired) electrons. The van der Waals surface area contributed by atoms with Crippen molar-refractivity contribution in [3.63, 3.8) is 0 Å². The third-order valence-electron chi connectivity index (χ3n) is 14.4. The van der Waals surface area contributed by atoms with Crippen molar-refractivity contribution in [2.75, 3.05) is 47.0 Å². The number of methoxy groups -OCH3 is 3. The maximum absolute atomic E-state index is 14.1. The average molecular weight is 994 g/mol. The molecule has 7 unspecified atom stereocenters. The number of sulfone groups is 1. The van der Waals surface area contributed by atoms with Crippen LogP contribution in [0.2, 0.25) is 0 Å². The highest BCUT2D eigenvalue weighted by Crippen LogP contribution is 2.37. The molecule has 0 aromatic carbocycles. The smallest absolute Gasteiger partial charge is 0.328 e. The topological polar surface area (TPSA) is 219 Å². The number of aliphatic hydroxyl groups excluding tert-OH is 1. The van der Waals surface area contributed by atoms with Crippen LogP contribution in [0.1, 0.15) is 119 Å². The van der Waals surface area contributed by atoms with Gasteiger partial charge in [-0.2, -0.15) is 0 Å². The lowest BCUT2D eigenvalue weighted by Crippen LogP contribution is -2.59. The quantitative estimate of drug-likeness (QED) is 0.107. The zero-order chi connectivity index (χ0) is 51.8. The number of ketones is 3. The highest BCUT2D eigenvalue weighted by molar-refractivity contribution is 7.90. The van der Waals surface area contributed by atoms with Crippen molar-refractivity contribution in [2.45, 2.75) is 174 Å². The molecule has 69 heavy (non-hydrogen) atoms. The highest BCUT2D eigenvalue weighted by atomic mass is 32.2. The van der Waals surface area contributed by atoms with Crippen molar-refractivity contribution < 1.29 is 71.0 Å². The van der Waals surface area contributed by atoms with Crippen molar-refractivity contribution in [1.82, 2.24) is 4.90 Å². The van der Waals surface area contributed by atoms with Crippen LogP contribution in [0.5, 0.6) is 0 Å². The van der Waals surface area contributed by atoms with E-state index in [1.54, 1.807) is 48.0 Å². The number of rotatable bonds is 11. The van der Waals surface area contributed by atoms with Gasteiger partial charge in [0.2, 0.25) is 5.79 Å². The number of hydrogen-bond donors (Lipinski definition) is 2. The fourth-order valence-electron chi connectivity index (χ4n) is 9.47. The van der Waals surface area contributed by atoms with Gasteiger partial charge < -0.3 is 43.5 Å². The molecule has 1 aliphatic carbocycles. The van der Waals surface area contributed by atoms with Gasteiger partial charge in [-0.05, 0) is 102 Å². The van der Waals surface area contributed by atoms with Crippen molar-refractivity contribution in [2.24, 2.45) is 29.6 Å². The van der Waals surface area contributed by atoms with Crippen LogP contribution >= 0.6 is 0 Å². The second-order valence-electron chi connectivity index (χ2n) is 19.9. The summed E-state index contributed by atoms with van der Waals surface area (Å²) in [6.07, 6.45) is 12.1. The van der Waals surface area contributed by atoms with Gasteiger partial charge in [-0.15, -0.1) is 0 Å². The Hall–Kier alpha value is -3.42. The lowest BCUT2D eigenvalue weighted by molar-refractivity contribution is -0.265. The lowest BCUT2D eigenvalue weighted by atomic mass is 9.78. The van der Waals surface area contributed by atoms with Gasteiger partial charge in [-0.25, -0.2) is 13.2 Å². The molecule has 14 atom stereocenters. The molecule has 1 saturated carbocycles. The monoisotopic (exact) mass is 994 g/mol. The number of nitrogens with zero attached hydrogens (tertiary/aromatic N) is 1. The standard InChI is InChI=1S/C52H83NO15S/c1-32-19-16-14-13-15-17-20-33(2)46(55)48(65-11)47(56)36(5)27-34(3)41(54)31-44(35(4)28-39-22-24-42(45(29-39)64-10)66-25-18-26-69(12,61)62)67-51(59)38(7)53(8)50(58)49(57)52(60)37(6)21-23-40(68-52)30-43(32)63-9/h13-16,19,27,33-35,37-40,42-45,47-48,56,60H,17-18,20-26,28-31H2,1-12H3/b15-13+,16-14+,32-19+,36-27+/t33?,34?,35-,37+,38?,39+,40-,42-,43?,44?,45-,47?,48?,52+/m1/s1. The number of Topliss-reactive ketones (excluding diaryl/α,β-unsaturated/α-hetero) is 3. The van der Waals surface area contributed by atoms with Crippen LogP contribution in [0.15, 0.2) is 47.6 Å². The Kier molecular flexibility index (Phi) is 24.3. The van der Waals surface area contributed by atoms with E-state index in [2.05, 4.69) is 0 Å². The number of carbonyl (C=O) groups excluding carboxylic acids is 5. The fourth-order valence-corrected chi connectivity index (χ4v) is 10.1. The Bertz CT molecular complexity index is 1960. The van der Waals surface area contributed by atoms with Gasteiger partial charge >= 0.3 is 5.97 Å². The van der Waals surface area contributed by atoms with Crippen LogP contribution in [-0.4, -0.2) is 154 Å². The number of esters is 1. The van der Waals surface area contributed by atoms with E-state index in [0.29, 0.717) is 63.4 Å². The summed E-state index contributed by atoms with van der Waals surface area (Å²) in [7, 11) is 2.67. The number of aliphatic hydroxyl groups is 2. The molecule has 2 bridgehead atoms. The van der Waals surface area contributed by atoms with Gasteiger partial charge in [0.15, 0.2) is 5.78 Å². The molecule has 392 valence electrons. The molecule has 2 fully saturated rings. The molecular formula is C52H83NO15S.